The lowest BCUT2D eigenvalue weighted by Gasteiger charge is -2.16. The zero-order valence-electron chi connectivity index (χ0n) is 10.3. The first-order chi connectivity index (χ1) is 8.24. The van der Waals surface area contributed by atoms with Crippen LogP contribution >= 0.6 is 11.8 Å². The van der Waals surface area contributed by atoms with Crippen molar-refractivity contribution in [3.05, 3.63) is 30.1 Å². The van der Waals surface area contributed by atoms with E-state index in [1.807, 2.05) is 32.3 Å². The number of carbonyl (C=O) groups is 1. The van der Waals surface area contributed by atoms with Crippen LogP contribution in [-0.2, 0) is 10.5 Å². The highest BCUT2D eigenvalue weighted by molar-refractivity contribution is 7.99. The molecule has 0 fully saturated rings. The molecule has 1 rings (SSSR count). The Morgan fingerprint density at radius 2 is 2.35 bits per heavy atom. The van der Waals surface area contributed by atoms with Crippen molar-refractivity contribution >= 4 is 17.7 Å². The molecule has 0 aromatic carbocycles. The highest BCUT2D eigenvalue weighted by atomic mass is 32.2. The van der Waals surface area contributed by atoms with Crippen molar-refractivity contribution in [2.45, 2.75) is 5.75 Å². The number of carbonyl (C=O) groups excluding carboxylic acids is 1. The molecule has 0 aliphatic heterocycles. The fourth-order valence-electron chi connectivity index (χ4n) is 1.24. The number of rotatable bonds is 7. The molecular weight excluding hydrogens is 234 g/mol. The van der Waals surface area contributed by atoms with E-state index >= 15 is 0 Å². The number of nitrogens with one attached hydrogen (secondary N) is 1. The van der Waals surface area contributed by atoms with Crippen LogP contribution in [0.25, 0.3) is 0 Å². The lowest BCUT2D eigenvalue weighted by Crippen LogP contribution is -2.33. The van der Waals surface area contributed by atoms with Gasteiger partial charge in [0.2, 0.25) is 5.91 Å². The first kappa shape index (κ1) is 14.0. The maximum Gasteiger partial charge on any atom is 0.232 e. The van der Waals surface area contributed by atoms with Crippen molar-refractivity contribution in [1.29, 1.82) is 0 Å². The van der Waals surface area contributed by atoms with Crippen molar-refractivity contribution < 1.29 is 4.79 Å². The molecule has 94 valence electrons. The standard InChI is InChI=1S/C12H19N3OS/c1-13-7-8-15(2)12(16)10-17-9-11-5-3-4-6-14-11/h3-6,13H,7-10H2,1-2H3. The van der Waals surface area contributed by atoms with Gasteiger partial charge in [0, 0.05) is 32.1 Å². The molecule has 1 aromatic rings. The van der Waals surface area contributed by atoms with Gasteiger partial charge < -0.3 is 10.2 Å². The lowest BCUT2D eigenvalue weighted by molar-refractivity contribution is -0.127. The lowest BCUT2D eigenvalue weighted by atomic mass is 10.4. The molecule has 0 aliphatic rings. The first-order valence-corrected chi connectivity index (χ1v) is 6.75. The number of pyridine rings is 1. The molecule has 4 nitrogen and oxygen atoms in total. The van der Waals surface area contributed by atoms with E-state index in [0.717, 1.165) is 24.5 Å². The van der Waals surface area contributed by atoms with Gasteiger partial charge in [0.15, 0.2) is 0 Å². The number of hydrogen-bond acceptors (Lipinski definition) is 4. The number of hydrogen-bond donors (Lipinski definition) is 1. The molecule has 1 N–H and O–H groups in total. The monoisotopic (exact) mass is 253 g/mol. The van der Waals surface area contributed by atoms with E-state index < -0.39 is 0 Å². The largest absolute Gasteiger partial charge is 0.344 e. The van der Waals surface area contributed by atoms with E-state index in [2.05, 4.69) is 10.3 Å². The summed E-state index contributed by atoms with van der Waals surface area (Å²) in [7, 11) is 3.72. The van der Waals surface area contributed by atoms with E-state index in [0.29, 0.717) is 5.75 Å². The van der Waals surface area contributed by atoms with Gasteiger partial charge in [-0.3, -0.25) is 9.78 Å². The molecule has 1 amide bonds. The maximum atomic E-state index is 11.7. The van der Waals surface area contributed by atoms with Gasteiger partial charge in [-0.1, -0.05) is 6.07 Å². The summed E-state index contributed by atoms with van der Waals surface area (Å²) in [5.74, 6) is 1.46. The Labute approximate surface area is 107 Å². The summed E-state index contributed by atoms with van der Waals surface area (Å²) < 4.78 is 0. The number of likely N-dealkylation sites (N-methyl/N-ethyl adjacent to an activating group) is 2. The Morgan fingerprint density at radius 1 is 1.53 bits per heavy atom. The molecule has 0 atom stereocenters. The summed E-state index contributed by atoms with van der Waals surface area (Å²) in [6, 6.07) is 5.83. The predicted molar refractivity (Wildman–Crippen MR) is 72.0 cm³/mol. The Hall–Kier alpha value is -1.07. The average molecular weight is 253 g/mol. The molecule has 17 heavy (non-hydrogen) atoms. The Bertz CT molecular complexity index is 332. The molecule has 0 bridgehead atoms. The number of nitrogens with zero attached hydrogens (tertiary/aromatic N) is 2. The van der Waals surface area contributed by atoms with E-state index in [9.17, 15) is 4.79 Å². The van der Waals surface area contributed by atoms with Crippen LogP contribution in [0.3, 0.4) is 0 Å². The van der Waals surface area contributed by atoms with Crippen LogP contribution in [0.1, 0.15) is 5.69 Å². The van der Waals surface area contributed by atoms with Crippen molar-refractivity contribution in [1.82, 2.24) is 15.2 Å². The topological polar surface area (TPSA) is 45.2 Å². The van der Waals surface area contributed by atoms with Crippen molar-refractivity contribution in [2.75, 3.05) is 32.9 Å². The second-order valence-corrected chi connectivity index (χ2v) is 4.72. The molecule has 0 saturated carbocycles. The summed E-state index contributed by atoms with van der Waals surface area (Å²) in [5.41, 5.74) is 1.02. The Kier molecular flexibility index (Phi) is 6.65. The zero-order valence-corrected chi connectivity index (χ0v) is 11.2. The van der Waals surface area contributed by atoms with Crippen molar-refractivity contribution in [3.8, 4) is 0 Å². The van der Waals surface area contributed by atoms with Crippen LogP contribution in [0.5, 0.6) is 0 Å². The summed E-state index contributed by atoms with van der Waals surface area (Å²) >= 11 is 1.60. The second-order valence-electron chi connectivity index (χ2n) is 3.73. The normalized spacial score (nSPS) is 10.2. The van der Waals surface area contributed by atoms with E-state index in [1.54, 1.807) is 22.9 Å². The summed E-state index contributed by atoms with van der Waals surface area (Å²) in [6.45, 7) is 1.58. The summed E-state index contributed by atoms with van der Waals surface area (Å²) in [6.07, 6.45) is 1.77. The maximum absolute atomic E-state index is 11.7. The van der Waals surface area contributed by atoms with Gasteiger partial charge in [0.1, 0.15) is 0 Å². The van der Waals surface area contributed by atoms with Crippen LogP contribution in [0.2, 0.25) is 0 Å². The third-order valence-electron chi connectivity index (χ3n) is 2.32. The van der Waals surface area contributed by atoms with Gasteiger partial charge in [-0.2, -0.15) is 0 Å². The molecule has 0 saturated heterocycles. The van der Waals surface area contributed by atoms with Gasteiger partial charge in [-0.25, -0.2) is 0 Å². The highest BCUT2D eigenvalue weighted by Gasteiger charge is 2.07. The minimum atomic E-state index is 0.168. The van der Waals surface area contributed by atoms with E-state index in [-0.39, 0.29) is 5.91 Å². The van der Waals surface area contributed by atoms with Crippen LogP contribution in [-0.4, -0.2) is 48.7 Å². The SMILES string of the molecule is CNCCN(C)C(=O)CSCc1ccccn1. The minimum Gasteiger partial charge on any atom is -0.344 e. The number of thioether (sulfide) groups is 1. The summed E-state index contributed by atoms with van der Waals surface area (Å²) in [4.78, 5) is 17.7. The highest BCUT2D eigenvalue weighted by Crippen LogP contribution is 2.09. The predicted octanol–water partition coefficient (Wildman–Crippen LogP) is 0.993. The Balaban J connectivity index is 2.20. The smallest absolute Gasteiger partial charge is 0.232 e. The fraction of sp³-hybridized carbons (Fsp3) is 0.500. The van der Waals surface area contributed by atoms with Crippen LogP contribution in [0, 0.1) is 0 Å². The number of amides is 1. The fourth-order valence-corrected chi connectivity index (χ4v) is 2.12. The molecule has 5 heteroatoms. The average Bonchev–Trinajstić information content (AvgIpc) is 2.37. The first-order valence-electron chi connectivity index (χ1n) is 5.60. The van der Waals surface area contributed by atoms with Crippen LogP contribution in [0.15, 0.2) is 24.4 Å². The molecule has 1 aromatic heterocycles. The molecule has 1 heterocycles. The van der Waals surface area contributed by atoms with Gasteiger partial charge in [0.05, 0.1) is 11.4 Å². The quantitative estimate of drug-likeness (QED) is 0.787. The second kappa shape index (κ2) is 8.08. The zero-order chi connectivity index (χ0) is 12.5. The molecular formula is C12H19N3OS. The van der Waals surface area contributed by atoms with Crippen LogP contribution < -0.4 is 5.32 Å². The molecule has 0 spiro atoms. The van der Waals surface area contributed by atoms with E-state index in [4.69, 9.17) is 0 Å². The van der Waals surface area contributed by atoms with Crippen molar-refractivity contribution in [2.24, 2.45) is 0 Å². The minimum absolute atomic E-state index is 0.168. The van der Waals surface area contributed by atoms with Gasteiger partial charge in [-0.05, 0) is 19.2 Å². The van der Waals surface area contributed by atoms with Crippen molar-refractivity contribution in [3.63, 3.8) is 0 Å². The van der Waals surface area contributed by atoms with E-state index in [1.165, 1.54) is 0 Å². The van der Waals surface area contributed by atoms with Gasteiger partial charge in [0.25, 0.3) is 0 Å². The van der Waals surface area contributed by atoms with Gasteiger partial charge in [-0.15, -0.1) is 11.8 Å². The molecule has 0 aliphatic carbocycles. The van der Waals surface area contributed by atoms with Gasteiger partial charge >= 0.3 is 0 Å². The Morgan fingerprint density at radius 3 is 3.00 bits per heavy atom. The molecule has 0 radical (unpaired) electrons. The molecule has 0 unspecified atom stereocenters. The third-order valence-corrected chi connectivity index (χ3v) is 3.28. The van der Waals surface area contributed by atoms with Crippen LogP contribution in [0.4, 0.5) is 0 Å². The summed E-state index contributed by atoms with van der Waals surface area (Å²) in [5, 5.41) is 3.02. The third kappa shape index (κ3) is 5.70. The number of aromatic nitrogens is 1.